The first-order valence-corrected chi connectivity index (χ1v) is 6.85. The number of hydrogen-bond acceptors (Lipinski definition) is 5. The van der Waals surface area contributed by atoms with Crippen LogP contribution in [0.1, 0.15) is 13.8 Å². The normalized spacial score (nSPS) is 10.3. The molecule has 3 aromatic rings. The van der Waals surface area contributed by atoms with Crippen molar-refractivity contribution in [3.05, 3.63) is 67.2 Å². The van der Waals surface area contributed by atoms with Crippen molar-refractivity contribution >= 4 is 5.78 Å². The number of carbonyl (C=O) groups excluding carboxylic acids is 1. The maximum atomic E-state index is 10.0. The molecule has 2 heterocycles. The van der Waals surface area contributed by atoms with Gasteiger partial charge in [-0.2, -0.15) is 0 Å². The van der Waals surface area contributed by atoms with Gasteiger partial charge in [-0.05, 0) is 25.6 Å². The van der Waals surface area contributed by atoms with Gasteiger partial charge in [0, 0.05) is 32.0 Å². The largest absolute Gasteiger partial charge is 0.512 e. The van der Waals surface area contributed by atoms with Crippen LogP contribution in [0, 0.1) is 6.20 Å². The van der Waals surface area contributed by atoms with Gasteiger partial charge in [-0.15, -0.1) is 0 Å². The van der Waals surface area contributed by atoms with Gasteiger partial charge in [0.15, 0.2) is 12.2 Å². The Bertz CT molecular complexity index is 777. The first kappa shape index (κ1) is 19.5. The van der Waals surface area contributed by atoms with Crippen molar-refractivity contribution in [2.45, 2.75) is 13.8 Å². The van der Waals surface area contributed by atoms with Gasteiger partial charge in [0.1, 0.15) is 0 Å². The van der Waals surface area contributed by atoms with Gasteiger partial charge in [-0.1, -0.05) is 36.5 Å². The van der Waals surface area contributed by atoms with E-state index >= 15 is 0 Å². The number of nitrogens with zero attached hydrogens (tertiary/aromatic N) is 3. The molecule has 0 spiro atoms. The molecule has 0 atom stereocenters. The predicted octanol–water partition coefficient (Wildman–Crippen LogP) is 3.36. The van der Waals surface area contributed by atoms with Crippen molar-refractivity contribution in [3.8, 4) is 17.2 Å². The van der Waals surface area contributed by atoms with E-state index in [-0.39, 0.29) is 31.6 Å². The molecule has 0 aliphatic carbocycles. The number of rotatable bonds is 3. The molecule has 24 heavy (non-hydrogen) atoms. The van der Waals surface area contributed by atoms with Crippen LogP contribution in [0.25, 0.3) is 17.2 Å². The fourth-order valence-electron chi connectivity index (χ4n) is 1.84. The molecule has 0 aliphatic heterocycles. The molecular weight excluding hydrogens is 486 g/mol. The smallest absolute Gasteiger partial charge is 0.168 e. The van der Waals surface area contributed by atoms with Crippen molar-refractivity contribution in [3.63, 3.8) is 0 Å². The number of imidazole rings is 1. The van der Waals surface area contributed by atoms with Gasteiger partial charge in [0.2, 0.25) is 0 Å². The van der Waals surface area contributed by atoms with Gasteiger partial charge in [0.25, 0.3) is 0 Å². The number of ketones is 1. The van der Waals surface area contributed by atoms with Crippen molar-refractivity contribution in [2.24, 2.45) is 0 Å². The van der Waals surface area contributed by atoms with Crippen molar-refractivity contribution in [1.82, 2.24) is 14.5 Å². The Morgan fingerprint density at radius 3 is 2.46 bits per heavy atom. The summed E-state index contributed by atoms with van der Waals surface area (Å²) in [6.07, 6.45) is 8.73. The fraction of sp³-hybridized carbons (Fsp3) is 0.118. The van der Waals surface area contributed by atoms with Crippen LogP contribution in [0.2, 0.25) is 0 Å². The summed E-state index contributed by atoms with van der Waals surface area (Å²) in [5.74, 6) is 1.42. The molecule has 0 saturated heterocycles. The molecule has 3 rings (SSSR count). The molecule has 6 nitrogen and oxygen atoms in total. The zero-order chi connectivity index (χ0) is 16.7. The van der Waals surface area contributed by atoms with E-state index in [2.05, 4.69) is 16.2 Å². The van der Waals surface area contributed by atoms with Gasteiger partial charge in [-0.3, -0.25) is 9.78 Å². The maximum absolute atomic E-state index is 10.0. The third kappa shape index (κ3) is 5.61. The molecular formula is C17H16IrN3O3-. The van der Waals surface area contributed by atoms with E-state index in [1.165, 1.54) is 26.3 Å². The molecule has 0 bridgehead atoms. The Labute approximate surface area is 153 Å². The first-order valence-electron chi connectivity index (χ1n) is 6.85. The van der Waals surface area contributed by atoms with Gasteiger partial charge in [-0.25, -0.2) is 0 Å². The van der Waals surface area contributed by atoms with Crippen molar-refractivity contribution < 1.29 is 34.4 Å². The minimum Gasteiger partial charge on any atom is -0.512 e. The maximum Gasteiger partial charge on any atom is 0.168 e. The Balaban J connectivity index is 0.000000312. The van der Waals surface area contributed by atoms with E-state index in [4.69, 9.17) is 9.52 Å². The van der Waals surface area contributed by atoms with Crippen LogP contribution in [-0.2, 0) is 24.9 Å². The Morgan fingerprint density at radius 1 is 1.25 bits per heavy atom. The van der Waals surface area contributed by atoms with Crippen LogP contribution in [0.15, 0.2) is 65.4 Å². The van der Waals surface area contributed by atoms with E-state index in [0.717, 1.165) is 11.4 Å². The number of aromatic nitrogens is 3. The van der Waals surface area contributed by atoms with E-state index < -0.39 is 0 Å². The Kier molecular flexibility index (Phi) is 7.82. The first-order chi connectivity index (χ1) is 11.1. The van der Waals surface area contributed by atoms with Crippen molar-refractivity contribution in [2.75, 3.05) is 0 Å². The molecule has 0 saturated carbocycles. The van der Waals surface area contributed by atoms with Gasteiger partial charge < -0.3 is 19.1 Å². The van der Waals surface area contributed by atoms with E-state index in [0.29, 0.717) is 5.82 Å². The summed E-state index contributed by atoms with van der Waals surface area (Å²) in [4.78, 5) is 18.4. The number of allylic oxidation sites excluding steroid dienone is 2. The summed E-state index contributed by atoms with van der Waals surface area (Å²) < 4.78 is 6.71. The Hall–Kier alpha value is -2.50. The van der Waals surface area contributed by atoms with Gasteiger partial charge >= 0.3 is 0 Å². The molecule has 2 aromatic heterocycles. The van der Waals surface area contributed by atoms with Crippen LogP contribution < -0.4 is 0 Å². The summed E-state index contributed by atoms with van der Waals surface area (Å²) in [6, 6.07) is 9.89. The fourth-order valence-corrected chi connectivity index (χ4v) is 1.84. The second-order valence-corrected chi connectivity index (χ2v) is 4.66. The van der Waals surface area contributed by atoms with Crippen LogP contribution in [0.3, 0.4) is 0 Å². The molecule has 0 amide bonds. The molecule has 0 aliphatic rings. The number of oxazole rings is 1. The van der Waals surface area contributed by atoms with Crippen molar-refractivity contribution in [1.29, 1.82) is 0 Å². The summed E-state index contributed by atoms with van der Waals surface area (Å²) >= 11 is 0. The molecule has 1 radical (unpaired) electrons. The zero-order valence-electron chi connectivity index (χ0n) is 13.1. The number of carbonyl (C=O) groups is 1. The van der Waals surface area contributed by atoms with Crippen LogP contribution >= 0.6 is 0 Å². The van der Waals surface area contributed by atoms with Gasteiger partial charge in [0.05, 0.1) is 17.8 Å². The minimum absolute atomic E-state index is 0. The summed E-state index contributed by atoms with van der Waals surface area (Å²) in [7, 11) is 0. The average Bonchev–Trinajstić information content (AvgIpc) is 3.18. The van der Waals surface area contributed by atoms with Crippen LogP contribution in [0.5, 0.6) is 0 Å². The molecule has 1 aromatic carbocycles. The molecule has 0 unspecified atom stereocenters. The molecule has 1 N–H and O–H groups in total. The Morgan fingerprint density at radius 2 is 1.96 bits per heavy atom. The summed E-state index contributed by atoms with van der Waals surface area (Å²) in [5, 5.41) is 8.36. The van der Waals surface area contributed by atoms with Crippen LogP contribution in [-0.4, -0.2) is 25.4 Å². The average molecular weight is 503 g/mol. The number of aliphatic hydroxyl groups excluding tert-OH is 1. The second-order valence-electron chi connectivity index (χ2n) is 4.66. The monoisotopic (exact) mass is 503 g/mol. The predicted molar refractivity (Wildman–Crippen MR) is 85.0 cm³/mol. The quantitative estimate of drug-likeness (QED) is 0.338. The minimum atomic E-state index is -0.125. The number of hydrogen-bond donors (Lipinski definition) is 1. The summed E-state index contributed by atoms with van der Waals surface area (Å²) in [5.41, 5.74) is 1.02. The zero-order valence-corrected chi connectivity index (χ0v) is 15.5. The molecule has 127 valence electrons. The molecule has 7 heteroatoms. The van der Waals surface area contributed by atoms with E-state index in [9.17, 15) is 4.79 Å². The number of benzene rings is 1. The topological polar surface area (TPSA) is 81.1 Å². The SMILES string of the molecule is CC(=O)/C=C(/C)O.[Ir].[c-]1cnc(-c2ccccc2)n1-c1cocn1. The van der Waals surface area contributed by atoms with E-state index in [1.54, 1.807) is 17.0 Å². The second kappa shape index (κ2) is 9.60. The number of aliphatic hydroxyl groups is 1. The summed E-state index contributed by atoms with van der Waals surface area (Å²) in [6.45, 7) is 2.85. The molecule has 0 fully saturated rings. The van der Waals surface area contributed by atoms with E-state index in [1.807, 2.05) is 30.3 Å². The third-order valence-corrected chi connectivity index (χ3v) is 2.68. The van der Waals surface area contributed by atoms with Crippen LogP contribution in [0.4, 0.5) is 0 Å². The standard InChI is InChI=1S/C12H8N3O.C5H8O2.Ir/c1-2-4-10(5-3-1)12-13-6-7-15(12)11-8-16-9-14-11;1-4(6)3-5(2)7;/h1-6,8-9H;3,6H,1-2H3;/q-1;;/b;4-3-;. The third-order valence-electron chi connectivity index (χ3n) is 2.68.